The maximum absolute atomic E-state index is 5.66. The molecule has 1 aromatic carbocycles. The topological polar surface area (TPSA) is 48.9 Å². The zero-order valence-corrected chi connectivity index (χ0v) is 19.1. The molecule has 2 N–H and O–H groups in total. The van der Waals surface area contributed by atoms with Crippen molar-refractivity contribution in [3.63, 3.8) is 0 Å². The van der Waals surface area contributed by atoms with Crippen LogP contribution < -0.4 is 10.6 Å². The van der Waals surface area contributed by atoms with E-state index < -0.39 is 0 Å². The quantitative estimate of drug-likeness (QED) is 0.368. The summed E-state index contributed by atoms with van der Waals surface area (Å²) in [7, 11) is 1.82. The summed E-state index contributed by atoms with van der Waals surface area (Å²) in [5.74, 6) is 1.73. The number of nitrogens with one attached hydrogen (secondary N) is 2. The van der Waals surface area contributed by atoms with Crippen LogP contribution in [0.5, 0.6) is 0 Å². The number of nitrogens with zero attached hydrogens (tertiary/aromatic N) is 2. The van der Waals surface area contributed by atoms with Crippen molar-refractivity contribution < 1.29 is 4.74 Å². The number of benzene rings is 1. The number of guanidine groups is 1. The van der Waals surface area contributed by atoms with Gasteiger partial charge in [0.15, 0.2) is 5.96 Å². The fourth-order valence-corrected chi connectivity index (χ4v) is 3.74. The van der Waals surface area contributed by atoms with Crippen LogP contribution in [0.2, 0.25) is 0 Å². The van der Waals surface area contributed by atoms with Crippen molar-refractivity contribution in [2.45, 2.75) is 51.8 Å². The van der Waals surface area contributed by atoms with E-state index >= 15 is 0 Å². The zero-order valence-electron chi connectivity index (χ0n) is 16.7. The lowest BCUT2D eigenvalue weighted by Crippen LogP contribution is -2.40. The van der Waals surface area contributed by atoms with Crippen molar-refractivity contribution in [2.75, 3.05) is 33.3 Å². The van der Waals surface area contributed by atoms with Gasteiger partial charge in [0.25, 0.3) is 0 Å². The van der Waals surface area contributed by atoms with Crippen LogP contribution in [0.15, 0.2) is 29.3 Å². The van der Waals surface area contributed by atoms with E-state index in [4.69, 9.17) is 4.74 Å². The van der Waals surface area contributed by atoms with Crippen LogP contribution in [0.4, 0.5) is 0 Å². The summed E-state index contributed by atoms with van der Waals surface area (Å²) in [6.45, 7) is 8.38. The van der Waals surface area contributed by atoms with Crippen molar-refractivity contribution in [1.29, 1.82) is 0 Å². The van der Waals surface area contributed by atoms with Crippen molar-refractivity contribution in [2.24, 2.45) is 10.9 Å². The monoisotopic (exact) mass is 486 g/mol. The predicted octanol–water partition coefficient (Wildman–Crippen LogP) is 3.38. The molecule has 2 fully saturated rings. The fraction of sp³-hybridized carbons (Fsp3) is 0.667. The smallest absolute Gasteiger partial charge is 0.191 e. The largest absolute Gasteiger partial charge is 0.376 e. The third kappa shape index (κ3) is 7.58. The average Bonchev–Trinajstić information content (AvgIpc) is 3.18. The number of rotatable bonds is 6. The first kappa shape index (κ1) is 22.4. The van der Waals surface area contributed by atoms with Crippen molar-refractivity contribution in [1.82, 2.24) is 15.5 Å². The minimum absolute atomic E-state index is 0. The molecule has 27 heavy (non-hydrogen) atoms. The Morgan fingerprint density at radius 2 is 1.96 bits per heavy atom. The molecule has 5 nitrogen and oxygen atoms in total. The lowest BCUT2D eigenvalue weighted by molar-refractivity contribution is 0.114. The second-order valence-electron chi connectivity index (χ2n) is 7.72. The van der Waals surface area contributed by atoms with Crippen LogP contribution in [0.3, 0.4) is 0 Å². The summed E-state index contributed by atoms with van der Waals surface area (Å²) < 4.78 is 5.66. The Balaban J connectivity index is 0.00000261. The second kappa shape index (κ2) is 11.9. The molecule has 1 aromatic rings. The predicted molar refractivity (Wildman–Crippen MR) is 123 cm³/mol. The first-order chi connectivity index (χ1) is 12.7. The Hall–Kier alpha value is -0.860. The molecule has 0 amide bonds. The highest BCUT2D eigenvalue weighted by atomic mass is 127. The van der Waals surface area contributed by atoms with E-state index in [0.717, 1.165) is 44.5 Å². The van der Waals surface area contributed by atoms with Gasteiger partial charge in [-0.05, 0) is 55.8 Å². The Bertz CT molecular complexity index is 581. The number of likely N-dealkylation sites (tertiary alicyclic amines) is 1. The second-order valence-corrected chi connectivity index (χ2v) is 7.72. The van der Waals surface area contributed by atoms with Crippen LogP contribution in [0.1, 0.15) is 43.7 Å². The zero-order chi connectivity index (χ0) is 18.2. The van der Waals surface area contributed by atoms with E-state index in [0.29, 0.717) is 6.10 Å². The minimum Gasteiger partial charge on any atom is -0.376 e. The van der Waals surface area contributed by atoms with Gasteiger partial charge < -0.3 is 15.4 Å². The lowest BCUT2D eigenvalue weighted by Gasteiger charge is -2.30. The van der Waals surface area contributed by atoms with E-state index in [2.05, 4.69) is 51.7 Å². The Kier molecular flexibility index (Phi) is 9.86. The van der Waals surface area contributed by atoms with Crippen molar-refractivity contribution >= 4 is 29.9 Å². The molecular formula is C21H35IN4O. The maximum Gasteiger partial charge on any atom is 0.191 e. The summed E-state index contributed by atoms with van der Waals surface area (Å²) in [6, 6.07) is 8.91. The lowest BCUT2D eigenvalue weighted by atomic mass is 9.98. The highest BCUT2D eigenvalue weighted by Crippen LogP contribution is 2.18. The molecule has 6 heteroatoms. The molecule has 0 saturated carbocycles. The molecule has 0 radical (unpaired) electrons. The minimum atomic E-state index is 0. The molecule has 3 rings (SSSR count). The molecule has 152 valence electrons. The summed E-state index contributed by atoms with van der Waals surface area (Å²) in [6.07, 6.45) is 5.29. The average molecular weight is 486 g/mol. The van der Waals surface area contributed by atoms with Crippen molar-refractivity contribution in [3.8, 4) is 0 Å². The number of aliphatic imine (C=N–C) groups is 1. The van der Waals surface area contributed by atoms with Gasteiger partial charge in [0.2, 0.25) is 0 Å². The van der Waals surface area contributed by atoms with Crippen LogP contribution in [-0.2, 0) is 17.8 Å². The highest BCUT2D eigenvalue weighted by molar-refractivity contribution is 14.0. The number of ether oxygens (including phenoxy) is 1. The highest BCUT2D eigenvalue weighted by Gasteiger charge is 2.16. The van der Waals surface area contributed by atoms with Crippen LogP contribution in [0, 0.1) is 5.92 Å². The molecule has 0 aliphatic carbocycles. The van der Waals surface area contributed by atoms with Gasteiger partial charge in [-0.2, -0.15) is 0 Å². The molecule has 0 spiro atoms. The normalized spacial score (nSPS) is 21.7. The number of hydrogen-bond donors (Lipinski definition) is 2. The molecule has 1 unspecified atom stereocenters. The third-order valence-corrected chi connectivity index (χ3v) is 5.48. The van der Waals surface area contributed by atoms with Crippen LogP contribution in [0.25, 0.3) is 0 Å². The molecule has 1 atom stereocenters. The number of piperidine rings is 1. The Labute approximate surface area is 181 Å². The summed E-state index contributed by atoms with van der Waals surface area (Å²) >= 11 is 0. The van der Waals surface area contributed by atoms with E-state index in [1.165, 1.54) is 43.5 Å². The molecule has 2 saturated heterocycles. The van der Waals surface area contributed by atoms with Gasteiger partial charge in [-0.25, -0.2) is 0 Å². The number of hydrogen-bond acceptors (Lipinski definition) is 3. The van der Waals surface area contributed by atoms with Gasteiger partial charge in [-0.15, -0.1) is 24.0 Å². The first-order valence-corrected chi connectivity index (χ1v) is 10.1. The molecule has 0 aromatic heterocycles. The molecule has 0 bridgehead atoms. The van der Waals surface area contributed by atoms with E-state index in [1.807, 2.05) is 7.05 Å². The Morgan fingerprint density at radius 3 is 2.67 bits per heavy atom. The Morgan fingerprint density at radius 1 is 1.19 bits per heavy atom. The maximum atomic E-state index is 5.66. The molecular weight excluding hydrogens is 451 g/mol. The van der Waals surface area contributed by atoms with Gasteiger partial charge in [0.05, 0.1) is 6.10 Å². The van der Waals surface area contributed by atoms with Gasteiger partial charge in [-0.1, -0.05) is 31.2 Å². The van der Waals surface area contributed by atoms with E-state index in [-0.39, 0.29) is 24.0 Å². The van der Waals surface area contributed by atoms with Gasteiger partial charge in [-0.3, -0.25) is 9.89 Å². The fourth-order valence-electron chi connectivity index (χ4n) is 3.74. The van der Waals surface area contributed by atoms with Crippen LogP contribution in [-0.4, -0.2) is 50.3 Å². The standard InChI is InChI=1S/C21H34N4O.HI/c1-17-8-10-25(11-9-17)16-19-6-3-5-18(13-19)14-23-21(22-2)24-15-20-7-4-12-26-20;/h3,5-6,13,17,20H,4,7-12,14-16H2,1-2H3,(H2,22,23,24);1H. The van der Waals surface area contributed by atoms with E-state index in [1.54, 1.807) is 0 Å². The molecule has 2 aliphatic heterocycles. The SMILES string of the molecule is CN=C(NCc1cccc(CN2CCC(C)CC2)c1)NCC1CCCO1.I. The van der Waals surface area contributed by atoms with Crippen LogP contribution >= 0.6 is 24.0 Å². The number of halogens is 1. The first-order valence-electron chi connectivity index (χ1n) is 10.1. The summed E-state index contributed by atoms with van der Waals surface area (Å²) in [4.78, 5) is 6.90. The van der Waals surface area contributed by atoms with Crippen molar-refractivity contribution in [3.05, 3.63) is 35.4 Å². The summed E-state index contributed by atoms with van der Waals surface area (Å²) in [5.41, 5.74) is 2.70. The third-order valence-electron chi connectivity index (χ3n) is 5.48. The van der Waals surface area contributed by atoms with Gasteiger partial charge in [0.1, 0.15) is 0 Å². The van der Waals surface area contributed by atoms with E-state index in [9.17, 15) is 0 Å². The molecule has 2 heterocycles. The van der Waals surface area contributed by atoms with Gasteiger partial charge >= 0.3 is 0 Å². The molecule has 2 aliphatic rings. The van der Waals surface area contributed by atoms with Gasteiger partial charge in [0, 0.05) is 33.3 Å². The summed E-state index contributed by atoms with van der Waals surface area (Å²) in [5, 5.41) is 6.79.